The van der Waals surface area contributed by atoms with Gasteiger partial charge in [0.2, 0.25) is 15.9 Å². The molecule has 0 bridgehead atoms. The van der Waals surface area contributed by atoms with E-state index in [1.54, 1.807) is 0 Å². The number of aryl methyl sites for hydroxylation is 1. The zero-order valence-corrected chi connectivity index (χ0v) is 33.4. The largest absolute Gasteiger partial charge is 0.372 e. The van der Waals surface area contributed by atoms with Crippen molar-refractivity contribution in [3.05, 3.63) is 93.0 Å². The number of sulfonamides is 1. The maximum Gasteiger partial charge on any atom is 0.290 e. The first-order chi connectivity index (χ1) is 27.5. The number of pyridine rings is 1. The molecule has 3 N–H and O–H groups in total. The third kappa shape index (κ3) is 9.79. The number of alkyl halides is 6. The number of nitrogens with one attached hydrogen (secondary N) is 2. The molecule has 0 spiro atoms. The summed E-state index contributed by atoms with van der Waals surface area (Å²) in [6.45, 7) is 3.74. The highest BCUT2D eigenvalue weighted by atomic mass is 35.5. The molecule has 2 atom stereocenters. The van der Waals surface area contributed by atoms with Crippen LogP contribution in [0.5, 0.6) is 0 Å². The lowest BCUT2D eigenvalue weighted by atomic mass is 9.93. The number of aromatic nitrogens is 5. The molecule has 0 fully saturated rings. The average Bonchev–Trinajstić information content (AvgIpc) is 3.78. The maximum absolute atomic E-state index is 14.9. The highest BCUT2D eigenvalue weighted by Gasteiger charge is 2.46. The van der Waals surface area contributed by atoms with Crippen molar-refractivity contribution in [2.24, 2.45) is 7.05 Å². The van der Waals surface area contributed by atoms with Crippen LogP contribution in [0, 0.1) is 23.5 Å². The summed E-state index contributed by atoms with van der Waals surface area (Å²) in [4.78, 5) is 18.3. The van der Waals surface area contributed by atoms with E-state index < -0.39 is 101 Å². The van der Waals surface area contributed by atoms with Crippen molar-refractivity contribution < 1.29 is 53.4 Å². The van der Waals surface area contributed by atoms with Crippen molar-refractivity contribution in [3.63, 3.8) is 0 Å². The van der Waals surface area contributed by atoms with Crippen molar-refractivity contribution in [3.8, 4) is 23.0 Å². The number of carbonyl (C=O) groups excluding carboxylic acids is 1. The Balaban J connectivity index is 0.00000326. The molecule has 0 aliphatic heterocycles. The minimum atomic E-state index is -3.89. The smallest absolute Gasteiger partial charge is 0.290 e. The molecule has 2 aromatic carbocycles. The van der Waals surface area contributed by atoms with Crippen LogP contribution in [0.15, 0.2) is 42.5 Å². The zero-order chi connectivity index (χ0) is 43.8. The van der Waals surface area contributed by atoms with Crippen LogP contribution in [0.1, 0.15) is 73.6 Å². The van der Waals surface area contributed by atoms with Crippen LogP contribution in [0.4, 0.5) is 40.9 Å². The molecule has 21 heteroatoms. The molecular weight excluding hydrogens is 838 g/mol. The molecule has 5 aromatic rings. The topological polar surface area (TPSA) is 144 Å². The molecule has 1 aliphatic carbocycles. The number of halogens is 9. The number of carbonyl (C=O) groups is 1. The van der Waals surface area contributed by atoms with Gasteiger partial charge in [-0.25, -0.2) is 39.7 Å². The first kappa shape index (κ1) is 44.8. The van der Waals surface area contributed by atoms with Crippen LogP contribution in [0.2, 0.25) is 5.02 Å². The minimum Gasteiger partial charge on any atom is -0.372 e. The third-order valence-corrected chi connectivity index (χ3v) is 9.83. The van der Waals surface area contributed by atoms with E-state index in [-0.39, 0.29) is 49.8 Å². The number of rotatable bonds is 11. The van der Waals surface area contributed by atoms with Gasteiger partial charge in [-0.1, -0.05) is 37.4 Å². The molecule has 1 amide bonds. The standard InChI is InChI=1S/C36H30ClF8N7O4S.C2H6/c1-35(54,34(42)43)10-8-20-4-5-21(22-6-7-24(37)27-30(22)51(2)49-33(27)50-57(3,55)56)28(46-20)25(14-17-12-18(38)15-19(39)13-17)47-26(53)16-52-31-23(9-11-36(31,44)45)29(48-52)32(40)41;1-2/h4-7,12-13,15,25,32,34,54H,9,11,14,16H2,1-3H3,(H,47,53)(H,49,50);1-2H3/t25-,35?;/m0./s1. The van der Waals surface area contributed by atoms with Crippen LogP contribution < -0.4 is 10.0 Å². The fourth-order valence-corrected chi connectivity index (χ4v) is 7.28. The molecule has 316 valence electrons. The summed E-state index contributed by atoms with van der Waals surface area (Å²) in [6.07, 6.45) is -7.33. The normalized spacial score (nSPS) is 14.9. The molecule has 3 aromatic heterocycles. The van der Waals surface area contributed by atoms with Gasteiger partial charge in [0.15, 0.2) is 11.4 Å². The summed E-state index contributed by atoms with van der Waals surface area (Å²) in [5.74, 6) is -2.50. The van der Waals surface area contributed by atoms with E-state index >= 15 is 0 Å². The molecular formula is C38H36ClF8N7O4S. The van der Waals surface area contributed by atoms with E-state index in [0.717, 1.165) is 25.3 Å². The van der Waals surface area contributed by atoms with E-state index in [2.05, 4.69) is 31.1 Å². The Labute approximate surface area is 337 Å². The van der Waals surface area contributed by atoms with Crippen LogP contribution in [0.25, 0.3) is 22.0 Å². The number of anilines is 1. The monoisotopic (exact) mass is 873 g/mol. The number of fused-ring (bicyclic) bond motifs is 2. The van der Waals surface area contributed by atoms with Gasteiger partial charge in [0.25, 0.3) is 18.8 Å². The Morgan fingerprint density at radius 2 is 1.68 bits per heavy atom. The number of benzene rings is 2. The van der Waals surface area contributed by atoms with Gasteiger partial charge in [-0.3, -0.25) is 18.9 Å². The van der Waals surface area contributed by atoms with Gasteiger partial charge in [-0.05, 0) is 61.6 Å². The van der Waals surface area contributed by atoms with Crippen LogP contribution in [-0.4, -0.2) is 62.3 Å². The number of amides is 1. The quantitative estimate of drug-likeness (QED) is 0.0917. The highest BCUT2D eigenvalue weighted by molar-refractivity contribution is 7.92. The van der Waals surface area contributed by atoms with Crippen molar-refractivity contribution >= 4 is 44.3 Å². The predicted molar refractivity (Wildman–Crippen MR) is 203 cm³/mol. The fourth-order valence-electron chi connectivity index (χ4n) is 6.55. The van der Waals surface area contributed by atoms with Gasteiger partial charge in [0.1, 0.15) is 35.3 Å². The summed E-state index contributed by atoms with van der Waals surface area (Å²) in [5, 5.41) is 20.7. The minimum absolute atomic E-state index is 0.0473. The fraction of sp³-hybridized carbons (Fsp3) is 0.368. The second kappa shape index (κ2) is 17.1. The molecule has 1 aliphatic rings. The summed E-state index contributed by atoms with van der Waals surface area (Å²) in [5.41, 5.74) is -4.89. The average molecular weight is 874 g/mol. The first-order valence-corrected chi connectivity index (χ1v) is 20.0. The summed E-state index contributed by atoms with van der Waals surface area (Å²) in [6, 6.07) is 6.49. The Morgan fingerprint density at radius 3 is 2.29 bits per heavy atom. The van der Waals surface area contributed by atoms with Crippen LogP contribution in [-0.2, 0) is 47.2 Å². The van der Waals surface area contributed by atoms with Gasteiger partial charge in [-0.2, -0.15) is 19.0 Å². The predicted octanol–water partition coefficient (Wildman–Crippen LogP) is 7.60. The van der Waals surface area contributed by atoms with Gasteiger partial charge < -0.3 is 10.4 Å². The molecule has 0 saturated heterocycles. The molecule has 6 rings (SSSR count). The third-order valence-electron chi connectivity index (χ3n) is 8.95. The van der Waals surface area contributed by atoms with Crippen LogP contribution >= 0.6 is 11.6 Å². The number of hydrogen-bond acceptors (Lipinski definition) is 7. The Morgan fingerprint density at radius 1 is 1.03 bits per heavy atom. The molecule has 0 saturated carbocycles. The second-order valence-corrected chi connectivity index (χ2v) is 15.6. The Hall–Kier alpha value is -5.26. The number of nitrogens with zero attached hydrogens (tertiary/aromatic N) is 5. The molecule has 1 unspecified atom stereocenters. The van der Waals surface area contributed by atoms with Gasteiger partial charge >= 0.3 is 0 Å². The van der Waals surface area contributed by atoms with Crippen molar-refractivity contribution in [1.29, 1.82) is 0 Å². The van der Waals surface area contributed by atoms with Crippen LogP contribution in [0.3, 0.4) is 0 Å². The van der Waals surface area contributed by atoms with E-state index in [0.29, 0.717) is 10.7 Å². The highest BCUT2D eigenvalue weighted by Crippen LogP contribution is 2.45. The van der Waals surface area contributed by atoms with Gasteiger partial charge in [0, 0.05) is 36.2 Å². The van der Waals surface area contributed by atoms with E-state index in [1.165, 1.54) is 36.0 Å². The Bertz CT molecular complexity index is 2570. The summed E-state index contributed by atoms with van der Waals surface area (Å²) >= 11 is 6.52. The van der Waals surface area contributed by atoms with Gasteiger partial charge in [-0.15, -0.1) is 0 Å². The number of hydrogen-bond donors (Lipinski definition) is 3. The lowest BCUT2D eigenvalue weighted by Crippen LogP contribution is -2.35. The first-order valence-electron chi connectivity index (χ1n) is 17.7. The van der Waals surface area contributed by atoms with Gasteiger partial charge in [0.05, 0.1) is 33.9 Å². The molecule has 59 heavy (non-hydrogen) atoms. The lowest BCUT2D eigenvalue weighted by molar-refractivity contribution is -0.122. The second-order valence-electron chi connectivity index (χ2n) is 13.5. The van der Waals surface area contributed by atoms with E-state index in [9.17, 15) is 53.4 Å². The summed E-state index contributed by atoms with van der Waals surface area (Å²) < 4.78 is 142. The maximum atomic E-state index is 14.9. The lowest BCUT2D eigenvalue weighted by Gasteiger charge is -2.23. The zero-order valence-electron chi connectivity index (χ0n) is 31.8. The van der Waals surface area contributed by atoms with Crippen molar-refractivity contribution in [1.82, 2.24) is 29.9 Å². The molecule has 0 radical (unpaired) electrons. The number of aliphatic hydroxyl groups is 1. The van der Waals surface area contributed by atoms with Crippen molar-refractivity contribution in [2.45, 2.75) is 77.0 Å². The van der Waals surface area contributed by atoms with E-state index in [1.807, 2.05) is 19.8 Å². The molecule has 11 nitrogen and oxygen atoms in total. The Kier molecular flexibility index (Phi) is 13.0. The molecule has 3 heterocycles. The summed E-state index contributed by atoms with van der Waals surface area (Å²) in [7, 11) is -2.43. The van der Waals surface area contributed by atoms with Crippen molar-refractivity contribution in [2.75, 3.05) is 11.0 Å². The SMILES string of the molecule is CC.Cn1nc(NS(C)(=O)=O)c2c(Cl)ccc(-c3ccc(C#CC(C)(O)C(F)F)nc3[C@H](Cc3cc(F)cc(F)c3)NC(=O)Cn3nc(C(F)F)c4c3C(F)(F)CC4)c21. The van der Waals surface area contributed by atoms with E-state index in [4.69, 9.17) is 11.6 Å².